The maximum absolute atomic E-state index is 12.9. The molecule has 0 aliphatic carbocycles. The predicted molar refractivity (Wildman–Crippen MR) is 127 cm³/mol. The third kappa shape index (κ3) is 6.75. The fourth-order valence-electron chi connectivity index (χ4n) is 2.95. The molecule has 0 aliphatic rings. The highest BCUT2D eigenvalue weighted by atomic mass is 35.5. The van der Waals surface area contributed by atoms with Gasteiger partial charge in [0.2, 0.25) is 5.91 Å². The van der Waals surface area contributed by atoms with Crippen molar-refractivity contribution in [1.29, 1.82) is 0 Å². The summed E-state index contributed by atoms with van der Waals surface area (Å²) in [6.07, 6.45) is 1.17. The fourth-order valence-corrected chi connectivity index (χ4v) is 3.11. The molecular weight excluding hydrogens is 428 g/mol. The molecular formula is C25H25ClN2O4. The lowest BCUT2D eigenvalue weighted by Crippen LogP contribution is -2.16. The molecule has 0 saturated heterocycles. The normalized spacial score (nSPS) is 10.3. The summed E-state index contributed by atoms with van der Waals surface area (Å²) in [5.41, 5.74) is 1.32. The van der Waals surface area contributed by atoms with Crippen LogP contribution >= 0.6 is 11.6 Å². The molecule has 0 aliphatic heterocycles. The molecule has 2 N–H and O–H groups in total. The van der Waals surface area contributed by atoms with Crippen molar-refractivity contribution in [3.63, 3.8) is 0 Å². The summed E-state index contributed by atoms with van der Waals surface area (Å²) in [5, 5.41) is 5.95. The zero-order valence-corrected chi connectivity index (χ0v) is 18.5. The van der Waals surface area contributed by atoms with Crippen LogP contribution in [-0.4, -0.2) is 25.0 Å². The van der Waals surface area contributed by atoms with E-state index in [4.69, 9.17) is 21.1 Å². The highest BCUT2D eigenvalue weighted by molar-refractivity contribution is 6.34. The van der Waals surface area contributed by atoms with Crippen LogP contribution in [0.1, 0.15) is 30.1 Å². The monoisotopic (exact) mass is 452 g/mol. The summed E-state index contributed by atoms with van der Waals surface area (Å²) in [7, 11) is 0. The number of carbonyl (C=O) groups is 2. The van der Waals surface area contributed by atoms with Crippen LogP contribution in [0.4, 0.5) is 11.4 Å². The molecule has 0 aromatic heterocycles. The first-order valence-electron chi connectivity index (χ1n) is 10.4. The van der Waals surface area contributed by atoms with Gasteiger partial charge in [-0.15, -0.1) is 0 Å². The van der Waals surface area contributed by atoms with Crippen LogP contribution in [0.5, 0.6) is 11.5 Å². The number of anilines is 2. The van der Waals surface area contributed by atoms with Gasteiger partial charge in [0.05, 0.1) is 16.3 Å². The van der Waals surface area contributed by atoms with Gasteiger partial charge in [-0.2, -0.15) is 0 Å². The predicted octanol–water partition coefficient (Wildman–Crippen LogP) is 5.79. The molecule has 0 bridgehead atoms. The number of para-hydroxylation sites is 2. The number of benzene rings is 3. The molecule has 32 heavy (non-hydrogen) atoms. The van der Waals surface area contributed by atoms with E-state index in [0.29, 0.717) is 40.7 Å². The van der Waals surface area contributed by atoms with Gasteiger partial charge in [-0.3, -0.25) is 9.59 Å². The second-order valence-electron chi connectivity index (χ2n) is 6.95. The first-order valence-corrected chi connectivity index (χ1v) is 10.7. The zero-order chi connectivity index (χ0) is 22.8. The fraction of sp³-hybridized carbons (Fsp3) is 0.200. The first kappa shape index (κ1) is 23.2. The van der Waals surface area contributed by atoms with Gasteiger partial charge in [-0.1, -0.05) is 48.9 Å². The van der Waals surface area contributed by atoms with Gasteiger partial charge in [0.1, 0.15) is 24.7 Å². The Kier molecular flexibility index (Phi) is 8.52. The minimum absolute atomic E-state index is 0.0939. The molecule has 0 spiro atoms. The van der Waals surface area contributed by atoms with Crippen LogP contribution in [0.3, 0.4) is 0 Å². The average molecular weight is 453 g/mol. The van der Waals surface area contributed by atoms with Crippen molar-refractivity contribution in [1.82, 2.24) is 0 Å². The lowest BCUT2D eigenvalue weighted by Gasteiger charge is -2.14. The van der Waals surface area contributed by atoms with E-state index in [-0.39, 0.29) is 18.4 Å². The standard InChI is InChI=1S/C25H25ClN2O4/c1-2-8-24(29)27-18-13-14-21(26)22(17-18)28-25(30)20-11-6-7-12-23(20)32-16-15-31-19-9-4-3-5-10-19/h3-7,9-14,17H,2,8,15-16H2,1H3,(H,27,29)(H,28,30). The van der Waals surface area contributed by atoms with Gasteiger partial charge in [-0.25, -0.2) is 0 Å². The Morgan fingerprint density at radius 3 is 2.38 bits per heavy atom. The third-order valence-electron chi connectivity index (χ3n) is 4.46. The van der Waals surface area contributed by atoms with Crippen molar-refractivity contribution in [2.45, 2.75) is 19.8 Å². The van der Waals surface area contributed by atoms with E-state index in [1.165, 1.54) is 0 Å². The molecule has 0 unspecified atom stereocenters. The van der Waals surface area contributed by atoms with Crippen LogP contribution in [0.25, 0.3) is 0 Å². The summed E-state index contributed by atoms with van der Waals surface area (Å²) >= 11 is 6.25. The van der Waals surface area contributed by atoms with E-state index in [1.54, 1.807) is 42.5 Å². The second-order valence-corrected chi connectivity index (χ2v) is 7.36. The Labute approximate surface area is 192 Å². The summed E-state index contributed by atoms with van der Waals surface area (Å²) in [5.74, 6) is 0.722. The second kappa shape index (κ2) is 11.8. The Hall–Kier alpha value is -3.51. The lowest BCUT2D eigenvalue weighted by molar-refractivity contribution is -0.116. The number of amides is 2. The largest absolute Gasteiger partial charge is 0.490 e. The molecule has 0 heterocycles. The van der Waals surface area contributed by atoms with Crippen LogP contribution in [0, 0.1) is 0 Å². The Bertz CT molecular complexity index is 1060. The molecule has 0 atom stereocenters. The zero-order valence-electron chi connectivity index (χ0n) is 17.8. The molecule has 3 aromatic carbocycles. The van der Waals surface area contributed by atoms with E-state index in [9.17, 15) is 9.59 Å². The highest BCUT2D eigenvalue weighted by Crippen LogP contribution is 2.27. The van der Waals surface area contributed by atoms with Crippen LogP contribution in [0.15, 0.2) is 72.8 Å². The maximum atomic E-state index is 12.9. The number of halogens is 1. The van der Waals surface area contributed by atoms with Crippen molar-refractivity contribution >= 4 is 34.8 Å². The molecule has 0 fully saturated rings. The summed E-state index contributed by atoms with van der Waals surface area (Å²) in [6.45, 7) is 2.55. The van der Waals surface area contributed by atoms with Gasteiger partial charge in [-0.05, 0) is 48.9 Å². The number of rotatable bonds is 10. The Balaban J connectivity index is 1.63. The topological polar surface area (TPSA) is 76.7 Å². The smallest absolute Gasteiger partial charge is 0.259 e. The van der Waals surface area contributed by atoms with Gasteiger partial charge >= 0.3 is 0 Å². The molecule has 7 heteroatoms. The van der Waals surface area contributed by atoms with Crippen molar-refractivity contribution < 1.29 is 19.1 Å². The average Bonchev–Trinajstić information content (AvgIpc) is 2.80. The van der Waals surface area contributed by atoms with Gasteiger partial charge in [0.25, 0.3) is 5.91 Å². The molecule has 0 saturated carbocycles. The van der Waals surface area contributed by atoms with Crippen LogP contribution in [0.2, 0.25) is 5.02 Å². The van der Waals surface area contributed by atoms with Crippen molar-refractivity contribution in [2.24, 2.45) is 0 Å². The number of nitrogens with one attached hydrogen (secondary N) is 2. The SMILES string of the molecule is CCCC(=O)Nc1ccc(Cl)c(NC(=O)c2ccccc2OCCOc2ccccc2)c1. The van der Waals surface area contributed by atoms with E-state index in [2.05, 4.69) is 10.6 Å². The summed E-state index contributed by atoms with van der Waals surface area (Å²) in [4.78, 5) is 24.8. The quantitative estimate of drug-likeness (QED) is 0.382. The number of ether oxygens (including phenoxy) is 2. The third-order valence-corrected chi connectivity index (χ3v) is 4.79. The Morgan fingerprint density at radius 2 is 1.59 bits per heavy atom. The summed E-state index contributed by atoms with van der Waals surface area (Å²) in [6, 6.07) is 21.3. The van der Waals surface area contributed by atoms with E-state index in [1.807, 2.05) is 37.3 Å². The van der Waals surface area contributed by atoms with Gasteiger partial charge in [0.15, 0.2) is 0 Å². The summed E-state index contributed by atoms with van der Waals surface area (Å²) < 4.78 is 11.4. The van der Waals surface area contributed by atoms with Crippen LogP contribution in [-0.2, 0) is 4.79 Å². The van der Waals surface area contributed by atoms with Gasteiger partial charge < -0.3 is 20.1 Å². The molecule has 3 aromatic rings. The van der Waals surface area contributed by atoms with E-state index < -0.39 is 0 Å². The molecule has 2 amide bonds. The minimum Gasteiger partial charge on any atom is -0.490 e. The maximum Gasteiger partial charge on any atom is 0.259 e. The van der Waals surface area contributed by atoms with Crippen molar-refractivity contribution in [2.75, 3.05) is 23.8 Å². The van der Waals surface area contributed by atoms with E-state index >= 15 is 0 Å². The van der Waals surface area contributed by atoms with Crippen molar-refractivity contribution in [3.05, 3.63) is 83.4 Å². The molecule has 0 radical (unpaired) electrons. The molecule has 6 nitrogen and oxygen atoms in total. The molecule has 3 rings (SSSR count). The van der Waals surface area contributed by atoms with E-state index in [0.717, 1.165) is 12.2 Å². The number of hydrogen-bond acceptors (Lipinski definition) is 4. The Morgan fingerprint density at radius 1 is 0.875 bits per heavy atom. The minimum atomic E-state index is -0.372. The van der Waals surface area contributed by atoms with Gasteiger partial charge in [0, 0.05) is 12.1 Å². The molecule has 166 valence electrons. The van der Waals surface area contributed by atoms with Crippen molar-refractivity contribution in [3.8, 4) is 11.5 Å². The lowest BCUT2D eigenvalue weighted by atomic mass is 10.1. The number of hydrogen-bond donors (Lipinski definition) is 2. The highest BCUT2D eigenvalue weighted by Gasteiger charge is 2.15. The number of carbonyl (C=O) groups excluding carboxylic acids is 2. The van der Waals surface area contributed by atoms with Crippen LogP contribution < -0.4 is 20.1 Å². The first-order chi connectivity index (χ1) is 15.6.